The predicted octanol–water partition coefficient (Wildman–Crippen LogP) is 2.87. The molecule has 0 aromatic carbocycles. The minimum atomic E-state index is -0.000618. The van der Waals surface area contributed by atoms with E-state index in [0.29, 0.717) is 12.0 Å². The van der Waals surface area contributed by atoms with E-state index < -0.39 is 0 Å². The molecule has 204 valence electrons. The van der Waals surface area contributed by atoms with Gasteiger partial charge in [-0.2, -0.15) is 10.2 Å². The number of hydrogen-bond donors (Lipinski definition) is 2. The topological polar surface area (TPSA) is 106 Å². The van der Waals surface area contributed by atoms with Gasteiger partial charge in [0.2, 0.25) is 5.91 Å². The van der Waals surface area contributed by atoms with Crippen molar-refractivity contribution < 1.29 is 4.79 Å². The maximum absolute atomic E-state index is 12.4. The minimum Gasteiger partial charge on any atom is -0.350 e. The minimum absolute atomic E-state index is 0.000618. The van der Waals surface area contributed by atoms with Crippen LogP contribution in [0.4, 0.5) is 5.82 Å². The van der Waals surface area contributed by atoms with E-state index in [0.717, 1.165) is 105 Å². The van der Waals surface area contributed by atoms with Crippen LogP contribution < -0.4 is 15.5 Å². The van der Waals surface area contributed by atoms with Gasteiger partial charge in [-0.25, -0.2) is 9.97 Å². The summed E-state index contributed by atoms with van der Waals surface area (Å²) in [6, 6.07) is 0. The molecule has 3 aromatic rings. The molecule has 10 nitrogen and oxygen atoms in total. The Balaban J connectivity index is 1.19. The lowest BCUT2D eigenvalue weighted by molar-refractivity contribution is -0.124. The highest BCUT2D eigenvalue weighted by atomic mass is 16.2. The summed E-state index contributed by atoms with van der Waals surface area (Å²) in [4.78, 5) is 24.3. The second kappa shape index (κ2) is 9.32. The lowest BCUT2D eigenvalue weighted by Crippen LogP contribution is -2.58. The smallest absolute Gasteiger partial charge is 0.234 e. The van der Waals surface area contributed by atoms with Crippen molar-refractivity contribution >= 4 is 22.8 Å². The summed E-state index contributed by atoms with van der Waals surface area (Å²) in [5, 5.41) is 16.2. The maximum Gasteiger partial charge on any atom is 0.234 e. The molecule has 0 radical (unpaired) electrons. The first-order valence-corrected chi connectivity index (χ1v) is 14.2. The van der Waals surface area contributed by atoms with E-state index in [2.05, 4.69) is 37.2 Å². The van der Waals surface area contributed by atoms with E-state index in [-0.39, 0.29) is 11.4 Å². The first-order chi connectivity index (χ1) is 18.2. The van der Waals surface area contributed by atoms with Crippen LogP contribution in [0.2, 0.25) is 0 Å². The Morgan fingerprint density at radius 1 is 1.00 bits per heavy atom. The quantitative estimate of drug-likeness (QED) is 0.494. The van der Waals surface area contributed by atoms with E-state index in [1.54, 1.807) is 0 Å². The number of aromatic nitrogens is 6. The summed E-state index contributed by atoms with van der Waals surface area (Å²) >= 11 is 0. The van der Waals surface area contributed by atoms with Crippen molar-refractivity contribution in [2.45, 2.75) is 91.3 Å². The molecular weight excluding hydrogens is 478 g/mol. The van der Waals surface area contributed by atoms with Gasteiger partial charge in [-0.1, -0.05) is 6.92 Å². The number of nitrogens with zero attached hydrogens (tertiary/aromatic N) is 7. The average molecular weight is 520 g/mol. The molecule has 2 bridgehead atoms. The first-order valence-electron chi connectivity index (χ1n) is 14.2. The van der Waals surface area contributed by atoms with Crippen LogP contribution in [0.3, 0.4) is 0 Å². The van der Waals surface area contributed by atoms with Crippen molar-refractivity contribution in [1.82, 2.24) is 40.2 Å². The summed E-state index contributed by atoms with van der Waals surface area (Å²) in [7, 11) is 1.98. The first kappa shape index (κ1) is 25.3. The zero-order chi connectivity index (χ0) is 26.7. The number of likely N-dealkylation sites (N-methyl/N-ethyl adjacent to an activating group) is 1. The number of anilines is 1. The van der Waals surface area contributed by atoms with E-state index in [1.807, 2.05) is 32.5 Å². The third-order valence-electron chi connectivity index (χ3n) is 9.41. The fraction of sp³-hybridized carbons (Fsp3) is 0.679. The van der Waals surface area contributed by atoms with Gasteiger partial charge in [0.25, 0.3) is 0 Å². The van der Waals surface area contributed by atoms with E-state index in [1.165, 1.54) is 11.3 Å². The number of carbonyl (C=O) groups excluding carboxylic acids is 1. The van der Waals surface area contributed by atoms with Gasteiger partial charge < -0.3 is 15.5 Å². The number of carbonyl (C=O) groups is 1. The summed E-state index contributed by atoms with van der Waals surface area (Å²) < 4.78 is 4.25. The second-order valence-corrected chi connectivity index (χ2v) is 11.9. The Labute approximate surface area is 224 Å². The van der Waals surface area contributed by atoms with Gasteiger partial charge >= 0.3 is 0 Å². The second-order valence-electron chi connectivity index (χ2n) is 11.9. The van der Waals surface area contributed by atoms with E-state index in [9.17, 15) is 4.79 Å². The van der Waals surface area contributed by atoms with Crippen LogP contribution in [-0.4, -0.2) is 60.6 Å². The van der Waals surface area contributed by atoms with Crippen LogP contribution in [0, 0.1) is 26.2 Å². The summed E-state index contributed by atoms with van der Waals surface area (Å²) in [6.45, 7) is 12.1. The largest absolute Gasteiger partial charge is 0.350 e. The summed E-state index contributed by atoms with van der Waals surface area (Å²) in [5.74, 6) is 1.89. The normalized spacial score (nSPS) is 24.7. The third kappa shape index (κ3) is 4.26. The standard InChI is InChI=1S/C28H41N9O/c1-6-29-15-23(38)32-28-11-8-27(9-12-28,10-13-28)17-37-22-7-14-36(16-21(22)18(2)34-37)26-25-24(30-20(4)31-26)19(3)33-35(25)5/h29H,6-17H2,1-5H3,(H,32,38). The molecular formula is C28H41N9O. The number of rotatable bonds is 7. The Kier molecular flexibility index (Phi) is 6.20. The molecule has 0 atom stereocenters. The number of nitrogens with one attached hydrogen (secondary N) is 2. The SMILES string of the molecule is CCNCC(=O)NC12CCC(Cn3nc(C)c4c3CCN(c3nc(C)nc5c(C)nn(C)c35)C4)(CC1)CC2. The predicted molar refractivity (Wildman–Crippen MR) is 147 cm³/mol. The number of hydrogen-bond acceptors (Lipinski definition) is 7. The Morgan fingerprint density at radius 3 is 2.45 bits per heavy atom. The molecule has 3 saturated carbocycles. The van der Waals surface area contributed by atoms with Crippen molar-refractivity contribution in [3.8, 4) is 0 Å². The molecule has 3 aliphatic carbocycles. The third-order valence-corrected chi connectivity index (χ3v) is 9.41. The fourth-order valence-corrected chi connectivity index (χ4v) is 7.20. The monoisotopic (exact) mass is 519 g/mol. The van der Waals surface area contributed by atoms with Crippen molar-refractivity contribution in [2.24, 2.45) is 12.5 Å². The van der Waals surface area contributed by atoms with Gasteiger partial charge in [-0.15, -0.1) is 0 Å². The summed E-state index contributed by atoms with van der Waals surface area (Å²) in [5.41, 5.74) is 7.03. The Bertz CT molecular complexity index is 1360. The lowest BCUT2D eigenvalue weighted by Gasteiger charge is -2.53. The van der Waals surface area contributed by atoms with E-state index in [4.69, 9.17) is 10.1 Å². The lowest BCUT2D eigenvalue weighted by atomic mass is 9.57. The van der Waals surface area contributed by atoms with Crippen molar-refractivity contribution in [2.75, 3.05) is 24.5 Å². The molecule has 0 unspecified atom stereocenters. The molecule has 3 aromatic heterocycles. The van der Waals surface area contributed by atoms with Crippen molar-refractivity contribution in [3.63, 3.8) is 0 Å². The van der Waals surface area contributed by atoms with Gasteiger partial charge in [0.15, 0.2) is 5.82 Å². The van der Waals surface area contributed by atoms with Crippen molar-refractivity contribution in [3.05, 3.63) is 28.5 Å². The van der Waals surface area contributed by atoms with Crippen LogP contribution in [0.1, 0.15) is 73.9 Å². The van der Waals surface area contributed by atoms with Gasteiger partial charge in [0.05, 0.1) is 17.9 Å². The van der Waals surface area contributed by atoms with Gasteiger partial charge in [-0.05, 0) is 71.3 Å². The molecule has 38 heavy (non-hydrogen) atoms. The zero-order valence-electron chi connectivity index (χ0n) is 23.5. The van der Waals surface area contributed by atoms with Crippen LogP contribution in [-0.2, 0) is 31.4 Å². The molecule has 1 aliphatic heterocycles. The van der Waals surface area contributed by atoms with Crippen LogP contribution in [0.25, 0.3) is 11.0 Å². The molecule has 0 spiro atoms. The van der Waals surface area contributed by atoms with Gasteiger partial charge in [-0.3, -0.25) is 14.2 Å². The average Bonchev–Trinajstić information content (AvgIpc) is 3.37. The van der Waals surface area contributed by atoms with E-state index >= 15 is 0 Å². The molecule has 4 heterocycles. The summed E-state index contributed by atoms with van der Waals surface area (Å²) in [6.07, 6.45) is 7.67. The highest BCUT2D eigenvalue weighted by Gasteiger charge is 2.49. The molecule has 0 saturated heterocycles. The number of amides is 1. The van der Waals surface area contributed by atoms with Crippen LogP contribution in [0.15, 0.2) is 0 Å². The number of aryl methyl sites for hydroxylation is 4. The number of fused-ring (bicyclic) bond motifs is 5. The van der Waals surface area contributed by atoms with Crippen LogP contribution in [0.5, 0.6) is 0 Å². The fourth-order valence-electron chi connectivity index (χ4n) is 7.20. The van der Waals surface area contributed by atoms with Crippen molar-refractivity contribution in [1.29, 1.82) is 0 Å². The van der Waals surface area contributed by atoms with Crippen LogP contribution >= 0.6 is 0 Å². The zero-order valence-corrected chi connectivity index (χ0v) is 23.5. The van der Waals surface area contributed by atoms with Gasteiger partial charge in [0, 0.05) is 49.9 Å². The molecule has 3 fully saturated rings. The maximum atomic E-state index is 12.4. The molecule has 10 heteroatoms. The Morgan fingerprint density at radius 2 is 1.74 bits per heavy atom. The highest BCUT2D eigenvalue weighted by molar-refractivity contribution is 5.88. The Hall–Kier alpha value is -3.01. The highest BCUT2D eigenvalue weighted by Crippen LogP contribution is 2.53. The molecule has 7 rings (SSSR count). The van der Waals surface area contributed by atoms with Gasteiger partial charge in [0.1, 0.15) is 16.9 Å². The molecule has 1 amide bonds. The molecule has 4 aliphatic rings. The molecule has 2 N–H and O–H groups in total.